The van der Waals surface area contributed by atoms with E-state index in [-0.39, 0.29) is 42.4 Å². The number of nitrogens with zero attached hydrogens (tertiary/aromatic N) is 1. The third-order valence-electron chi connectivity index (χ3n) is 4.05. The van der Waals surface area contributed by atoms with E-state index in [2.05, 4.69) is 15.6 Å². The zero-order valence-electron chi connectivity index (χ0n) is 14.9. The van der Waals surface area contributed by atoms with E-state index in [1.807, 2.05) is 24.3 Å². The van der Waals surface area contributed by atoms with Crippen molar-refractivity contribution in [2.75, 3.05) is 26.8 Å². The molecule has 1 heterocycles. The maximum atomic E-state index is 13.1. The number of para-hydroxylation sites is 1. The summed E-state index contributed by atoms with van der Waals surface area (Å²) in [4.78, 5) is 4.21. The molecule has 0 saturated carbocycles. The first-order chi connectivity index (χ1) is 12.7. The third-order valence-corrected chi connectivity index (χ3v) is 4.05. The molecule has 3 rings (SSSR count). The van der Waals surface area contributed by atoms with E-state index in [1.165, 1.54) is 6.07 Å². The number of ether oxygens (including phenoxy) is 2. The molecule has 2 N–H and O–H groups in total. The van der Waals surface area contributed by atoms with E-state index in [0.717, 1.165) is 29.9 Å². The second-order valence-electron chi connectivity index (χ2n) is 5.80. The lowest BCUT2D eigenvalue weighted by atomic mass is 10.0. The molecule has 1 unspecified atom stereocenters. The average molecular weight is 489 g/mol. The molecule has 0 aromatic heterocycles. The monoisotopic (exact) mass is 489 g/mol. The molecule has 5 nitrogen and oxygen atoms in total. The van der Waals surface area contributed by atoms with Crippen molar-refractivity contribution < 1.29 is 18.3 Å². The van der Waals surface area contributed by atoms with Gasteiger partial charge in [0.2, 0.25) is 0 Å². The summed E-state index contributed by atoms with van der Waals surface area (Å²) in [6.07, 6.45) is 0.836. The quantitative estimate of drug-likeness (QED) is 0.292. The van der Waals surface area contributed by atoms with Crippen molar-refractivity contribution in [3.8, 4) is 11.5 Å². The normalized spacial score (nSPS) is 15.8. The van der Waals surface area contributed by atoms with E-state index in [0.29, 0.717) is 19.1 Å². The second kappa shape index (κ2) is 10.3. The topological polar surface area (TPSA) is 54.9 Å². The summed E-state index contributed by atoms with van der Waals surface area (Å²) in [7, 11) is 1.69. The molecule has 2 aromatic rings. The molecule has 2 aromatic carbocycles. The highest BCUT2D eigenvalue weighted by Gasteiger charge is 2.21. The van der Waals surface area contributed by atoms with Gasteiger partial charge in [-0.05, 0) is 18.2 Å². The van der Waals surface area contributed by atoms with Gasteiger partial charge in [0.25, 0.3) is 0 Å². The molecule has 1 aliphatic heterocycles. The summed E-state index contributed by atoms with van der Waals surface area (Å²) < 4.78 is 37.1. The van der Waals surface area contributed by atoms with E-state index in [4.69, 9.17) is 9.47 Å². The molecule has 0 amide bonds. The van der Waals surface area contributed by atoms with Crippen molar-refractivity contribution in [3.05, 3.63) is 59.7 Å². The van der Waals surface area contributed by atoms with Crippen molar-refractivity contribution in [1.82, 2.24) is 10.6 Å². The van der Waals surface area contributed by atoms with Gasteiger partial charge in [-0.15, -0.1) is 24.0 Å². The molecule has 0 spiro atoms. The smallest absolute Gasteiger partial charge is 0.191 e. The van der Waals surface area contributed by atoms with Gasteiger partial charge >= 0.3 is 0 Å². The molecule has 0 fully saturated rings. The maximum Gasteiger partial charge on any atom is 0.191 e. The molecule has 1 atom stereocenters. The molecule has 8 heteroatoms. The van der Waals surface area contributed by atoms with Gasteiger partial charge in [-0.1, -0.05) is 18.2 Å². The Morgan fingerprint density at radius 1 is 1.22 bits per heavy atom. The minimum atomic E-state index is -0.925. The summed E-state index contributed by atoms with van der Waals surface area (Å²) in [5.74, 6) is -0.0103. The van der Waals surface area contributed by atoms with Crippen LogP contribution in [0.2, 0.25) is 0 Å². The summed E-state index contributed by atoms with van der Waals surface area (Å²) in [6.45, 7) is 1.39. The molecule has 0 bridgehead atoms. The van der Waals surface area contributed by atoms with Crippen molar-refractivity contribution in [2.24, 2.45) is 4.99 Å². The van der Waals surface area contributed by atoms with E-state index >= 15 is 0 Å². The number of fused-ring (bicyclic) bond motifs is 1. The lowest BCUT2D eigenvalue weighted by Gasteiger charge is -2.28. The number of nitrogens with one attached hydrogen (secondary N) is 2. The Morgan fingerprint density at radius 3 is 2.81 bits per heavy atom. The van der Waals surface area contributed by atoms with Gasteiger partial charge in [0.15, 0.2) is 17.6 Å². The first-order valence-corrected chi connectivity index (χ1v) is 8.44. The highest BCUT2D eigenvalue weighted by Crippen LogP contribution is 2.31. The lowest BCUT2D eigenvalue weighted by Crippen LogP contribution is -2.42. The zero-order chi connectivity index (χ0) is 18.4. The van der Waals surface area contributed by atoms with Crippen molar-refractivity contribution in [1.29, 1.82) is 0 Å². The van der Waals surface area contributed by atoms with Gasteiger partial charge < -0.3 is 20.1 Å². The fourth-order valence-corrected chi connectivity index (χ4v) is 2.76. The summed E-state index contributed by atoms with van der Waals surface area (Å²) in [5.41, 5.74) is 1.10. The van der Waals surface area contributed by atoms with Crippen molar-refractivity contribution in [3.63, 3.8) is 0 Å². The molecular formula is C19H22F2IN3O2. The van der Waals surface area contributed by atoms with Crippen LogP contribution in [0.4, 0.5) is 8.78 Å². The number of hydrogen-bond acceptors (Lipinski definition) is 3. The van der Waals surface area contributed by atoms with Crippen LogP contribution in [0.5, 0.6) is 11.5 Å². The Hall–Kier alpha value is -2.10. The Labute approximate surface area is 174 Å². The van der Waals surface area contributed by atoms with Crippen LogP contribution in [0.25, 0.3) is 0 Å². The predicted octanol–water partition coefficient (Wildman–Crippen LogP) is 3.65. The van der Waals surface area contributed by atoms with Crippen LogP contribution in [-0.2, 0) is 0 Å². The number of benzene rings is 2. The second-order valence-corrected chi connectivity index (χ2v) is 5.80. The molecule has 0 saturated heterocycles. The van der Waals surface area contributed by atoms with Crippen molar-refractivity contribution in [2.45, 2.75) is 12.5 Å². The number of hydrogen-bond donors (Lipinski definition) is 2. The van der Waals surface area contributed by atoms with Gasteiger partial charge in [0, 0.05) is 25.1 Å². The van der Waals surface area contributed by atoms with Gasteiger partial charge in [0.1, 0.15) is 18.1 Å². The van der Waals surface area contributed by atoms with Crippen LogP contribution in [0.3, 0.4) is 0 Å². The van der Waals surface area contributed by atoms with Crippen LogP contribution < -0.4 is 20.1 Å². The Bertz CT molecular complexity index is 789. The van der Waals surface area contributed by atoms with Crippen LogP contribution in [0.15, 0.2) is 47.5 Å². The van der Waals surface area contributed by atoms with Crippen LogP contribution in [-0.4, -0.2) is 32.8 Å². The standard InChI is InChI=1S/C19H21F2N3O2.HI/c1-22-19(23-9-11-25-13-6-7-15(20)16(21)12-13)24-17-8-10-26-18-5-3-2-4-14(17)18;/h2-7,12,17H,8-11H2,1H3,(H2,22,23,24);1H. The zero-order valence-corrected chi connectivity index (χ0v) is 17.2. The molecule has 0 radical (unpaired) electrons. The predicted molar refractivity (Wildman–Crippen MR) is 111 cm³/mol. The lowest BCUT2D eigenvalue weighted by molar-refractivity contribution is 0.261. The number of halogens is 3. The molecular weight excluding hydrogens is 467 g/mol. The van der Waals surface area contributed by atoms with Crippen LogP contribution in [0, 0.1) is 11.6 Å². The number of guanidine groups is 1. The Balaban J connectivity index is 0.00000261. The summed E-state index contributed by atoms with van der Waals surface area (Å²) >= 11 is 0. The van der Waals surface area contributed by atoms with Crippen LogP contribution >= 0.6 is 24.0 Å². The van der Waals surface area contributed by atoms with E-state index < -0.39 is 11.6 Å². The maximum absolute atomic E-state index is 13.1. The molecule has 27 heavy (non-hydrogen) atoms. The van der Waals surface area contributed by atoms with E-state index in [9.17, 15) is 8.78 Å². The van der Waals surface area contributed by atoms with Gasteiger partial charge in [-0.25, -0.2) is 8.78 Å². The number of rotatable bonds is 5. The Kier molecular flexibility index (Phi) is 8.08. The Morgan fingerprint density at radius 2 is 2.04 bits per heavy atom. The minimum Gasteiger partial charge on any atom is -0.493 e. The molecule has 146 valence electrons. The van der Waals surface area contributed by atoms with E-state index in [1.54, 1.807) is 7.05 Å². The fourth-order valence-electron chi connectivity index (χ4n) is 2.76. The first-order valence-electron chi connectivity index (χ1n) is 8.44. The minimum absolute atomic E-state index is 0. The highest BCUT2D eigenvalue weighted by atomic mass is 127. The largest absolute Gasteiger partial charge is 0.493 e. The van der Waals surface area contributed by atoms with Gasteiger partial charge in [-0.3, -0.25) is 4.99 Å². The SMILES string of the molecule is CN=C(NCCOc1ccc(F)c(F)c1)NC1CCOc2ccccc21.I. The molecule has 1 aliphatic rings. The summed E-state index contributed by atoms with van der Waals surface area (Å²) in [5, 5.41) is 6.52. The molecule has 0 aliphatic carbocycles. The van der Waals surface area contributed by atoms with Crippen molar-refractivity contribution >= 4 is 29.9 Å². The van der Waals surface area contributed by atoms with Gasteiger partial charge in [-0.2, -0.15) is 0 Å². The van der Waals surface area contributed by atoms with Crippen LogP contribution in [0.1, 0.15) is 18.0 Å². The summed E-state index contributed by atoms with van der Waals surface area (Å²) in [6, 6.07) is 11.5. The fraction of sp³-hybridized carbons (Fsp3) is 0.316. The highest BCUT2D eigenvalue weighted by molar-refractivity contribution is 14.0. The number of aliphatic imine (C=N–C) groups is 1. The third kappa shape index (κ3) is 5.69. The first kappa shape index (κ1) is 21.2. The van der Waals surface area contributed by atoms with Gasteiger partial charge in [0.05, 0.1) is 19.2 Å². The average Bonchev–Trinajstić information content (AvgIpc) is 2.67.